The van der Waals surface area contributed by atoms with Gasteiger partial charge in [0.25, 0.3) is 0 Å². The summed E-state index contributed by atoms with van der Waals surface area (Å²) in [6.07, 6.45) is 0. The fraction of sp³-hybridized carbons (Fsp3) is 0.538. The number of nitrogens with one attached hydrogen (secondary N) is 1. The fourth-order valence-electron chi connectivity index (χ4n) is 2.22. The molecule has 1 aromatic carbocycles. The van der Waals surface area contributed by atoms with Crippen LogP contribution in [0.2, 0.25) is 0 Å². The van der Waals surface area contributed by atoms with Gasteiger partial charge in [-0.05, 0) is 31.0 Å². The highest BCUT2D eigenvalue weighted by Gasteiger charge is 2.15. The molecular weight excluding hydrogens is 264 g/mol. The van der Waals surface area contributed by atoms with Crippen LogP contribution >= 0.6 is 15.9 Å². The van der Waals surface area contributed by atoms with Crippen LogP contribution in [0.3, 0.4) is 0 Å². The van der Waals surface area contributed by atoms with Crippen molar-refractivity contribution in [2.45, 2.75) is 26.4 Å². The van der Waals surface area contributed by atoms with Gasteiger partial charge in [-0.2, -0.15) is 0 Å². The molecule has 3 heteroatoms. The average Bonchev–Trinajstić information content (AvgIpc) is 2.24. The molecule has 16 heavy (non-hydrogen) atoms. The van der Waals surface area contributed by atoms with Crippen molar-refractivity contribution in [2.24, 2.45) is 0 Å². The van der Waals surface area contributed by atoms with Crippen LogP contribution in [0.4, 0.5) is 0 Å². The normalized spacial score (nSPS) is 22.3. The van der Waals surface area contributed by atoms with Crippen LogP contribution in [0.15, 0.2) is 22.7 Å². The van der Waals surface area contributed by atoms with Crippen LogP contribution in [0.5, 0.6) is 0 Å². The molecule has 1 atom stereocenters. The Balaban J connectivity index is 2.00. The molecule has 0 amide bonds. The monoisotopic (exact) mass is 282 g/mol. The molecular formula is C13H19BrN2. The van der Waals surface area contributed by atoms with Gasteiger partial charge in [0, 0.05) is 36.7 Å². The molecule has 0 aromatic heterocycles. The molecule has 88 valence electrons. The summed E-state index contributed by atoms with van der Waals surface area (Å²) in [7, 11) is 0. The largest absolute Gasteiger partial charge is 0.312 e. The van der Waals surface area contributed by atoms with E-state index >= 15 is 0 Å². The van der Waals surface area contributed by atoms with Gasteiger partial charge >= 0.3 is 0 Å². The molecule has 0 saturated carbocycles. The lowest BCUT2D eigenvalue weighted by Crippen LogP contribution is -2.48. The highest BCUT2D eigenvalue weighted by atomic mass is 79.9. The number of hydrogen-bond acceptors (Lipinski definition) is 2. The molecule has 0 radical (unpaired) electrons. The lowest BCUT2D eigenvalue weighted by molar-refractivity contribution is 0.199. The molecule has 1 saturated heterocycles. The Hall–Kier alpha value is -0.380. The van der Waals surface area contributed by atoms with Gasteiger partial charge in [0.05, 0.1) is 0 Å². The summed E-state index contributed by atoms with van der Waals surface area (Å²) < 4.78 is 1.20. The molecule has 1 fully saturated rings. The SMILES string of the molecule is Cc1cc(CN2CCN[C@@H](C)C2)ccc1Br. The van der Waals surface area contributed by atoms with E-state index in [1.807, 2.05) is 0 Å². The zero-order valence-corrected chi connectivity index (χ0v) is 11.5. The number of hydrogen-bond donors (Lipinski definition) is 1. The summed E-state index contributed by atoms with van der Waals surface area (Å²) >= 11 is 3.54. The van der Waals surface area contributed by atoms with Crippen molar-refractivity contribution in [1.82, 2.24) is 10.2 Å². The number of benzene rings is 1. The van der Waals surface area contributed by atoms with Crippen LogP contribution < -0.4 is 5.32 Å². The summed E-state index contributed by atoms with van der Waals surface area (Å²) in [5, 5.41) is 3.47. The highest BCUT2D eigenvalue weighted by Crippen LogP contribution is 2.18. The zero-order chi connectivity index (χ0) is 11.5. The predicted molar refractivity (Wildman–Crippen MR) is 71.6 cm³/mol. The summed E-state index contributed by atoms with van der Waals surface area (Å²) in [6.45, 7) is 8.87. The molecule has 1 N–H and O–H groups in total. The lowest BCUT2D eigenvalue weighted by Gasteiger charge is -2.31. The second-order valence-corrected chi connectivity index (χ2v) is 5.53. The van der Waals surface area contributed by atoms with Crippen LogP contribution in [0, 0.1) is 6.92 Å². The molecule has 2 nitrogen and oxygen atoms in total. The number of rotatable bonds is 2. The second-order valence-electron chi connectivity index (χ2n) is 4.67. The summed E-state index contributed by atoms with van der Waals surface area (Å²) in [5.74, 6) is 0. The fourth-order valence-corrected chi connectivity index (χ4v) is 2.47. The predicted octanol–water partition coefficient (Wildman–Crippen LogP) is 2.55. The van der Waals surface area contributed by atoms with Gasteiger partial charge in [-0.3, -0.25) is 4.90 Å². The maximum Gasteiger partial charge on any atom is 0.0235 e. The summed E-state index contributed by atoms with van der Waals surface area (Å²) in [6, 6.07) is 7.25. The van der Waals surface area contributed by atoms with Crippen molar-refractivity contribution in [3.05, 3.63) is 33.8 Å². The van der Waals surface area contributed by atoms with Crippen LogP contribution in [0.25, 0.3) is 0 Å². The average molecular weight is 283 g/mol. The van der Waals surface area contributed by atoms with Gasteiger partial charge in [0.15, 0.2) is 0 Å². The molecule has 0 aliphatic carbocycles. The van der Waals surface area contributed by atoms with Crippen LogP contribution in [0.1, 0.15) is 18.1 Å². The maximum atomic E-state index is 3.54. The van der Waals surface area contributed by atoms with E-state index in [0.29, 0.717) is 6.04 Å². The van der Waals surface area contributed by atoms with E-state index in [1.165, 1.54) is 15.6 Å². The Morgan fingerprint density at radius 2 is 2.31 bits per heavy atom. The number of piperazine rings is 1. The number of nitrogens with zero attached hydrogens (tertiary/aromatic N) is 1. The minimum Gasteiger partial charge on any atom is -0.312 e. The molecule has 1 aromatic rings. The highest BCUT2D eigenvalue weighted by molar-refractivity contribution is 9.10. The summed E-state index contributed by atoms with van der Waals surface area (Å²) in [4.78, 5) is 2.52. The maximum absolute atomic E-state index is 3.54. The number of aryl methyl sites for hydroxylation is 1. The Morgan fingerprint density at radius 3 is 3.00 bits per heavy atom. The van der Waals surface area contributed by atoms with E-state index < -0.39 is 0 Å². The lowest BCUT2D eigenvalue weighted by atomic mass is 10.1. The molecule has 1 heterocycles. The smallest absolute Gasteiger partial charge is 0.0235 e. The Labute approximate surface area is 106 Å². The van der Waals surface area contributed by atoms with E-state index in [-0.39, 0.29) is 0 Å². The van der Waals surface area contributed by atoms with Crippen molar-refractivity contribution in [3.63, 3.8) is 0 Å². The third-order valence-corrected chi connectivity index (χ3v) is 3.97. The first-order valence-corrected chi connectivity index (χ1v) is 6.65. The third kappa shape index (κ3) is 3.06. The van der Waals surface area contributed by atoms with Gasteiger partial charge in [-0.25, -0.2) is 0 Å². The van der Waals surface area contributed by atoms with Gasteiger partial charge in [0.1, 0.15) is 0 Å². The van der Waals surface area contributed by atoms with Crippen LogP contribution in [-0.4, -0.2) is 30.6 Å². The van der Waals surface area contributed by atoms with Crippen molar-refractivity contribution in [3.8, 4) is 0 Å². The molecule has 0 unspecified atom stereocenters. The topological polar surface area (TPSA) is 15.3 Å². The van der Waals surface area contributed by atoms with E-state index in [0.717, 1.165) is 26.2 Å². The van der Waals surface area contributed by atoms with Gasteiger partial charge in [-0.1, -0.05) is 28.1 Å². The van der Waals surface area contributed by atoms with E-state index in [1.54, 1.807) is 0 Å². The second kappa shape index (κ2) is 5.30. The van der Waals surface area contributed by atoms with Crippen molar-refractivity contribution in [1.29, 1.82) is 0 Å². The molecule has 0 spiro atoms. The summed E-state index contributed by atoms with van der Waals surface area (Å²) in [5.41, 5.74) is 2.73. The standard InChI is InChI=1S/C13H19BrN2/c1-10-7-12(3-4-13(10)14)9-16-6-5-15-11(2)8-16/h3-4,7,11,15H,5-6,8-9H2,1-2H3/t11-/m0/s1. The quantitative estimate of drug-likeness (QED) is 0.897. The first-order valence-electron chi connectivity index (χ1n) is 5.86. The minimum atomic E-state index is 0.616. The Bertz CT molecular complexity index is 365. The first kappa shape index (κ1) is 12.1. The molecule has 1 aliphatic rings. The zero-order valence-electron chi connectivity index (χ0n) is 9.96. The van der Waals surface area contributed by atoms with Gasteiger partial charge in [0.2, 0.25) is 0 Å². The van der Waals surface area contributed by atoms with E-state index in [4.69, 9.17) is 0 Å². The molecule has 0 bridgehead atoms. The van der Waals surface area contributed by atoms with E-state index in [2.05, 4.69) is 58.2 Å². The molecule has 2 rings (SSSR count). The minimum absolute atomic E-state index is 0.616. The third-order valence-electron chi connectivity index (χ3n) is 3.08. The van der Waals surface area contributed by atoms with Gasteiger partial charge < -0.3 is 5.32 Å². The Morgan fingerprint density at radius 1 is 1.50 bits per heavy atom. The number of halogens is 1. The van der Waals surface area contributed by atoms with Crippen LogP contribution in [-0.2, 0) is 6.54 Å². The van der Waals surface area contributed by atoms with Crippen molar-refractivity contribution >= 4 is 15.9 Å². The van der Waals surface area contributed by atoms with Crippen molar-refractivity contribution < 1.29 is 0 Å². The Kier molecular flexibility index (Phi) is 4.00. The van der Waals surface area contributed by atoms with Crippen molar-refractivity contribution in [2.75, 3.05) is 19.6 Å². The first-order chi connectivity index (χ1) is 7.65. The molecule has 1 aliphatic heterocycles. The van der Waals surface area contributed by atoms with E-state index in [9.17, 15) is 0 Å². The van der Waals surface area contributed by atoms with Gasteiger partial charge in [-0.15, -0.1) is 0 Å².